The molecule has 0 amide bonds. The van der Waals surface area contributed by atoms with Crippen LogP contribution in [0.1, 0.15) is 24.9 Å². The zero-order valence-electron chi connectivity index (χ0n) is 12.8. The molecule has 1 atom stereocenters. The number of primary sulfonamides is 1. The molecule has 6 nitrogen and oxygen atoms in total. The smallest absolute Gasteiger partial charge is 0.225 e. The first-order chi connectivity index (χ1) is 11.1. The van der Waals surface area contributed by atoms with Crippen molar-refractivity contribution in [3.8, 4) is 0 Å². The molecule has 0 spiro atoms. The highest BCUT2D eigenvalue weighted by Gasteiger charge is 2.21. The summed E-state index contributed by atoms with van der Waals surface area (Å²) in [5.74, 6) is 0. The van der Waals surface area contributed by atoms with Crippen molar-refractivity contribution in [2.24, 2.45) is 5.14 Å². The van der Waals surface area contributed by atoms with Gasteiger partial charge in [-0.15, -0.1) is 0 Å². The molecular formula is C15H17BrN2O4S2. The Morgan fingerprint density at radius 3 is 1.92 bits per heavy atom. The molecule has 130 valence electrons. The van der Waals surface area contributed by atoms with Crippen LogP contribution in [0.2, 0.25) is 0 Å². The molecule has 3 N–H and O–H groups in total. The van der Waals surface area contributed by atoms with Crippen molar-refractivity contribution in [1.29, 1.82) is 0 Å². The Morgan fingerprint density at radius 2 is 1.46 bits per heavy atom. The zero-order chi connectivity index (χ0) is 18.0. The van der Waals surface area contributed by atoms with Gasteiger partial charge in [-0.1, -0.05) is 35.0 Å². The van der Waals surface area contributed by atoms with Crippen LogP contribution in [0, 0.1) is 0 Å². The van der Waals surface area contributed by atoms with Gasteiger partial charge in [0.15, 0.2) is 0 Å². The predicted octanol–water partition coefficient (Wildman–Crippen LogP) is 2.53. The van der Waals surface area contributed by atoms with E-state index < -0.39 is 20.0 Å². The van der Waals surface area contributed by atoms with Crippen molar-refractivity contribution in [2.45, 2.75) is 29.2 Å². The Bertz CT molecular complexity index is 909. The third kappa shape index (κ3) is 4.64. The Morgan fingerprint density at radius 1 is 0.958 bits per heavy atom. The van der Waals surface area contributed by atoms with E-state index in [1.807, 2.05) is 31.2 Å². The standard InChI is InChI=1S/C15H17BrN2O4S2/c1-2-15(11-3-5-12(16)6-4-11)18-24(21,22)14-9-7-13(8-10-14)23(17,19)20/h3-10,15,18H,2H2,1H3,(H2,17,19,20). The second kappa shape index (κ2) is 7.32. The lowest BCUT2D eigenvalue weighted by Gasteiger charge is -2.18. The van der Waals surface area contributed by atoms with Crippen molar-refractivity contribution in [3.05, 3.63) is 58.6 Å². The molecule has 0 aliphatic heterocycles. The van der Waals surface area contributed by atoms with Crippen molar-refractivity contribution >= 4 is 36.0 Å². The highest BCUT2D eigenvalue weighted by molar-refractivity contribution is 9.10. The van der Waals surface area contributed by atoms with Crippen LogP contribution in [-0.4, -0.2) is 16.8 Å². The molecule has 0 aliphatic rings. The minimum atomic E-state index is -3.86. The summed E-state index contributed by atoms with van der Waals surface area (Å²) >= 11 is 3.34. The summed E-state index contributed by atoms with van der Waals surface area (Å²) in [5, 5.41) is 5.01. The molecule has 0 heterocycles. The number of nitrogens with two attached hydrogens (primary N) is 1. The first-order valence-electron chi connectivity index (χ1n) is 7.04. The predicted molar refractivity (Wildman–Crippen MR) is 95.3 cm³/mol. The molecule has 2 aromatic carbocycles. The van der Waals surface area contributed by atoms with E-state index in [-0.39, 0.29) is 15.8 Å². The van der Waals surface area contributed by atoms with Crippen molar-refractivity contribution < 1.29 is 16.8 Å². The number of sulfonamides is 2. The number of rotatable bonds is 6. The van der Waals surface area contributed by atoms with Crippen molar-refractivity contribution in [1.82, 2.24) is 4.72 Å². The monoisotopic (exact) mass is 432 g/mol. The lowest BCUT2D eigenvalue weighted by molar-refractivity contribution is 0.550. The van der Waals surface area contributed by atoms with Gasteiger partial charge in [-0.05, 0) is 48.4 Å². The van der Waals surface area contributed by atoms with Gasteiger partial charge in [0.25, 0.3) is 0 Å². The van der Waals surface area contributed by atoms with E-state index in [0.29, 0.717) is 6.42 Å². The van der Waals surface area contributed by atoms with E-state index in [9.17, 15) is 16.8 Å². The molecule has 2 rings (SSSR count). The van der Waals surface area contributed by atoms with E-state index in [2.05, 4.69) is 20.7 Å². The fourth-order valence-electron chi connectivity index (χ4n) is 2.15. The Hall–Kier alpha value is -1.26. The van der Waals surface area contributed by atoms with Crippen LogP contribution in [-0.2, 0) is 20.0 Å². The number of benzene rings is 2. The van der Waals surface area contributed by atoms with Gasteiger partial charge in [0.2, 0.25) is 20.0 Å². The lowest BCUT2D eigenvalue weighted by Crippen LogP contribution is -2.28. The van der Waals surface area contributed by atoms with Crippen LogP contribution in [0.3, 0.4) is 0 Å². The maximum Gasteiger partial charge on any atom is 0.241 e. The van der Waals surface area contributed by atoms with E-state index >= 15 is 0 Å². The van der Waals surface area contributed by atoms with Crippen LogP contribution < -0.4 is 9.86 Å². The van der Waals surface area contributed by atoms with E-state index in [1.54, 1.807) is 0 Å². The largest absolute Gasteiger partial charge is 0.241 e. The third-order valence-electron chi connectivity index (χ3n) is 3.44. The molecule has 0 aromatic heterocycles. The second-order valence-electron chi connectivity index (χ2n) is 5.15. The molecular weight excluding hydrogens is 416 g/mol. The SMILES string of the molecule is CCC(NS(=O)(=O)c1ccc(S(N)(=O)=O)cc1)c1ccc(Br)cc1. The van der Waals surface area contributed by atoms with E-state index in [0.717, 1.165) is 10.0 Å². The summed E-state index contributed by atoms with van der Waals surface area (Å²) in [7, 11) is -7.65. The van der Waals surface area contributed by atoms with Crippen LogP contribution in [0.15, 0.2) is 62.8 Å². The van der Waals surface area contributed by atoms with Crippen LogP contribution >= 0.6 is 15.9 Å². The molecule has 0 aliphatic carbocycles. The fraction of sp³-hybridized carbons (Fsp3) is 0.200. The van der Waals surface area contributed by atoms with E-state index in [4.69, 9.17) is 5.14 Å². The van der Waals surface area contributed by atoms with Gasteiger partial charge in [0.1, 0.15) is 0 Å². The maximum atomic E-state index is 12.5. The highest BCUT2D eigenvalue weighted by atomic mass is 79.9. The first-order valence-corrected chi connectivity index (χ1v) is 10.9. The minimum Gasteiger partial charge on any atom is -0.225 e. The third-order valence-corrected chi connectivity index (χ3v) is 6.39. The molecule has 1 unspecified atom stereocenters. The quantitative estimate of drug-likeness (QED) is 0.730. The van der Waals surface area contributed by atoms with Gasteiger partial charge < -0.3 is 0 Å². The van der Waals surface area contributed by atoms with Crippen LogP contribution in [0.5, 0.6) is 0 Å². The van der Waals surface area contributed by atoms with Gasteiger partial charge in [-0.25, -0.2) is 26.7 Å². The average Bonchev–Trinajstić information content (AvgIpc) is 2.53. The number of halogens is 1. The number of hydrogen-bond acceptors (Lipinski definition) is 4. The molecule has 0 radical (unpaired) electrons. The summed E-state index contributed by atoms with van der Waals surface area (Å²) in [6.07, 6.45) is 0.566. The van der Waals surface area contributed by atoms with Crippen LogP contribution in [0.4, 0.5) is 0 Å². The summed E-state index contributed by atoms with van der Waals surface area (Å²) in [6, 6.07) is 11.7. The van der Waals surface area contributed by atoms with Gasteiger partial charge >= 0.3 is 0 Å². The summed E-state index contributed by atoms with van der Waals surface area (Å²) in [6.45, 7) is 1.87. The van der Waals surface area contributed by atoms with Gasteiger partial charge in [0, 0.05) is 10.5 Å². The summed E-state index contributed by atoms with van der Waals surface area (Å²) in [4.78, 5) is -0.160. The average molecular weight is 433 g/mol. The molecule has 9 heteroatoms. The molecule has 0 fully saturated rings. The fourth-order valence-corrected chi connectivity index (χ4v) is 4.23. The van der Waals surface area contributed by atoms with Gasteiger partial charge in [-0.2, -0.15) is 0 Å². The normalized spacial score (nSPS) is 13.6. The molecule has 0 bridgehead atoms. The first kappa shape index (κ1) is 19.1. The number of nitrogens with one attached hydrogen (secondary N) is 1. The highest BCUT2D eigenvalue weighted by Crippen LogP contribution is 2.22. The molecule has 0 saturated carbocycles. The lowest BCUT2D eigenvalue weighted by atomic mass is 10.1. The maximum absolute atomic E-state index is 12.5. The van der Waals surface area contributed by atoms with Crippen molar-refractivity contribution in [3.63, 3.8) is 0 Å². The molecule has 24 heavy (non-hydrogen) atoms. The Kier molecular flexibility index (Phi) is 5.82. The minimum absolute atomic E-state index is 0.0227. The van der Waals surface area contributed by atoms with Gasteiger partial charge in [0.05, 0.1) is 9.79 Å². The van der Waals surface area contributed by atoms with Crippen LogP contribution in [0.25, 0.3) is 0 Å². The van der Waals surface area contributed by atoms with E-state index in [1.165, 1.54) is 24.3 Å². The zero-order valence-corrected chi connectivity index (χ0v) is 16.0. The number of hydrogen-bond donors (Lipinski definition) is 2. The Labute approximate surface area is 150 Å². The van der Waals surface area contributed by atoms with Crippen molar-refractivity contribution in [2.75, 3.05) is 0 Å². The topological polar surface area (TPSA) is 106 Å². The molecule has 2 aromatic rings. The Balaban J connectivity index is 2.27. The summed E-state index contributed by atoms with van der Waals surface area (Å²) < 4.78 is 51.0. The summed E-state index contributed by atoms with van der Waals surface area (Å²) in [5.41, 5.74) is 0.838. The second-order valence-corrected chi connectivity index (χ2v) is 9.34. The molecule has 0 saturated heterocycles. The van der Waals surface area contributed by atoms with Gasteiger partial charge in [-0.3, -0.25) is 0 Å².